The third-order valence-electron chi connectivity index (χ3n) is 22.0. The lowest BCUT2D eigenvalue weighted by Gasteiger charge is -2.44. The van der Waals surface area contributed by atoms with Crippen LogP contribution >= 0.6 is 0 Å². The molecule has 6 aliphatic heterocycles. The molecule has 0 bridgehead atoms. The minimum absolute atomic E-state index is 0.0208. The van der Waals surface area contributed by atoms with Gasteiger partial charge in [-0.05, 0) is 139 Å². The molecule has 0 saturated carbocycles. The van der Waals surface area contributed by atoms with Crippen LogP contribution in [0.4, 0.5) is 26.7 Å². The van der Waals surface area contributed by atoms with E-state index in [2.05, 4.69) is 27.8 Å². The zero-order valence-electron chi connectivity index (χ0n) is 75.1. The highest BCUT2D eigenvalue weighted by Gasteiger charge is 2.53. The fraction of sp³-hybridized carbons (Fsp3) is 0.618. The van der Waals surface area contributed by atoms with Crippen LogP contribution < -0.4 is 50.0 Å². The van der Waals surface area contributed by atoms with Crippen LogP contribution in [-0.4, -0.2) is 295 Å². The van der Waals surface area contributed by atoms with E-state index < -0.39 is 104 Å². The normalized spacial score (nSPS) is 18.7. The predicted molar refractivity (Wildman–Crippen MR) is 466 cm³/mol. The summed E-state index contributed by atoms with van der Waals surface area (Å²) in [5.74, 6) is -2.79. The molecule has 36 nitrogen and oxygen atoms in total. The second-order valence-corrected chi connectivity index (χ2v) is 38.7. The number of ether oxygens (including phenoxy) is 15. The highest BCUT2D eigenvalue weighted by molar-refractivity contribution is 6.74. The number of unbranched alkanes of at least 4 members (excludes halogenated alkanes) is 2. The van der Waals surface area contributed by atoms with E-state index in [-0.39, 0.29) is 134 Å². The topological polar surface area (TPSA) is 403 Å². The Balaban J connectivity index is 0.677. The van der Waals surface area contributed by atoms with Crippen LogP contribution in [0.5, 0.6) is 23.0 Å². The molecule has 696 valence electrons. The van der Waals surface area contributed by atoms with Gasteiger partial charge in [-0.25, -0.2) is 19.4 Å². The van der Waals surface area contributed by atoms with Crippen LogP contribution in [0.3, 0.4) is 0 Å². The molecule has 5 N–H and O–H groups in total. The van der Waals surface area contributed by atoms with E-state index in [1.54, 1.807) is 82.1 Å². The van der Waals surface area contributed by atoms with Crippen molar-refractivity contribution in [1.82, 2.24) is 30.7 Å². The van der Waals surface area contributed by atoms with Crippen LogP contribution in [-0.2, 0) is 85.3 Å². The minimum atomic E-state index is -2.83. The predicted octanol–water partition coefficient (Wildman–Crippen LogP) is 9.37. The molecule has 0 aliphatic carbocycles. The van der Waals surface area contributed by atoms with Crippen molar-refractivity contribution in [3.8, 4) is 23.0 Å². The lowest BCUT2D eigenvalue weighted by molar-refractivity contribution is -0.195. The molecule has 9 rings (SSSR count). The summed E-state index contributed by atoms with van der Waals surface area (Å²) in [7, 11) is 0.0793. The summed E-state index contributed by atoms with van der Waals surface area (Å²) in [6, 6.07) is 9.75. The molecule has 6 heterocycles. The van der Waals surface area contributed by atoms with Crippen molar-refractivity contribution in [2.75, 3.05) is 175 Å². The Morgan fingerprint density at radius 1 is 0.595 bits per heavy atom. The molecule has 7 atom stereocenters. The maximum absolute atomic E-state index is 15.2. The average molecular weight is 1790 g/mol. The van der Waals surface area contributed by atoms with Crippen LogP contribution in [0.2, 0.25) is 18.1 Å². The molecular weight excluding hydrogens is 1660 g/mol. The van der Waals surface area contributed by atoms with E-state index in [0.717, 1.165) is 28.2 Å². The maximum Gasteiger partial charge on any atom is 0.417 e. The number of carbonyl (C=O) groups is 10. The Bertz CT molecular complexity index is 4240. The van der Waals surface area contributed by atoms with Crippen molar-refractivity contribution in [2.24, 2.45) is 5.92 Å². The number of nitrogens with zero attached hydrogens (tertiary/aromatic N) is 5. The molecule has 10 amide bonds. The number of methoxy groups -OCH3 is 2. The van der Waals surface area contributed by atoms with Crippen molar-refractivity contribution in [3.05, 3.63) is 95.7 Å². The van der Waals surface area contributed by atoms with Crippen molar-refractivity contribution >= 4 is 90.4 Å². The molecule has 0 spiro atoms. The monoisotopic (exact) mass is 1780 g/mol. The molecule has 2 fully saturated rings. The van der Waals surface area contributed by atoms with Gasteiger partial charge in [0.25, 0.3) is 23.6 Å². The number of hydrogen-bond acceptors (Lipinski definition) is 26. The number of carboxylic acid groups (broad SMARTS) is 1. The number of rotatable bonds is 51. The number of anilines is 3. The summed E-state index contributed by atoms with van der Waals surface area (Å²) in [4.78, 5) is 140. The molecule has 6 aliphatic rings. The molecule has 3 aromatic carbocycles. The SMILES string of the molecule is C=C1C[C@H]2[C@H](OC3CCCCO3)N(C(=O)OC(C)(C)C)c3cc(OCCCCCOc4cc5c(cc4OC)C(=O)N4C=C(c6ccc(NC(=O)[C@H](C)NC(=O)[C@@H](NC(=O)CCOCCOCCOCCOCCOCCOCCOCCOCCNC(=O)CCN7C(=O)C=CC7=O)C(C)C)cc6)C[C@H]4[C@H](O[Si](C)(C)C(C)(C)C)N5C(=O)O)c(OC)cc3C(=O)N2C1. The van der Waals surface area contributed by atoms with Crippen molar-refractivity contribution < 1.29 is 129 Å². The Morgan fingerprint density at radius 3 is 1.63 bits per heavy atom. The standard InChI is InChI=1S/C89H129N9O27Si/c1-58(2)79(93-75(100)28-34-112-36-38-114-40-42-116-44-46-118-48-49-119-47-45-117-43-41-115-39-37-113-35-29-90-74(99)27-30-94-76(101)25-26-77(94)102)81(104)91-60(4)80(103)92-63-23-21-61(22-24-63)62-51-69-85(125-126(13,14)89(8,9)10)97(86(107)108)66-54-72(70(110-11)52-64(66)83(106)96(69)57-62)120-31-17-15-18-32-121-73-55-67-65(53-71(73)111-12)82(105)95-56-59(3)50-68(95)84(123-78-20-16-19-33-122-78)98(67)87(109)124-88(5,6)7/h21-26,52-55,57-58,60,68-69,78-79,84-85H,3,15-20,27-51,56H2,1-2,4-14H3,(H,90,99)(H,91,104)(H,92,103)(H,93,100)(H,107,108)/t60-,68-,69-,78?,79-,84-,85-/m0/s1. The second-order valence-electron chi connectivity index (χ2n) is 34.0. The van der Waals surface area contributed by atoms with E-state index in [1.807, 2.05) is 33.9 Å². The Hall–Kier alpha value is -9.64. The molecule has 37 heteroatoms. The third kappa shape index (κ3) is 28.9. The number of imide groups is 1. The van der Waals surface area contributed by atoms with E-state index in [1.165, 1.54) is 55.2 Å². The Morgan fingerprint density at radius 2 is 1.13 bits per heavy atom. The van der Waals surface area contributed by atoms with Gasteiger partial charge in [0.2, 0.25) is 23.6 Å². The summed E-state index contributed by atoms with van der Waals surface area (Å²) in [6.45, 7) is 31.6. The van der Waals surface area contributed by atoms with Gasteiger partial charge >= 0.3 is 12.2 Å². The fourth-order valence-electron chi connectivity index (χ4n) is 14.3. The molecular formula is C89H129N9O27Si. The molecule has 126 heavy (non-hydrogen) atoms. The van der Waals surface area contributed by atoms with Crippen LogP contribution in [0.25, 0.3) is 5.57 Å². The second kappa shape index (κ2) is 48.5. The number of nitrogens with one attached hydrogen (secondary N) is 4. The van der Waals surface area contributed by atoms with E-state index in [9.17, 15) is 48.3 Å². The lowest BCUT2D eigenvalue weighted by Crippen LogP contribution is -2.57. The van der Waals surface area contributed by atoms with Gasteiger partial charge < -0.3 is 112 Å². The summed E-state index contributed by atoms with van der Waals surface area (Å²) >= 11 is 0. The van der Waals surface area contributed by atoms with Gasteiger partial charge in [-0.3, -0.25) is 43.3 Å². The molecule has 0 aromatic heterocycles. The number of hydrogen-bond donors (Lipinski definition) is 5. The minimum Gasteiger partial charge on any atom is -0.493 e. The summed E-state index contributed by atoms with van der Waals surface area (Å²) < 4.78 is 94.5. The fourth-order valence-corrected chi connectivity index (χ4v) is 15.5. The van der Waals surface area contributed by atoms with Gasteiger partial charge in [0.15, 0.2) is 50.1 Å². The first-order chi connectivity index (χ1) is 60.2. The van der Waals surface area contributed by atoms with E-state index >= 15 is 4.79 Å². The van der Waals surface area contributed by atoms with E-state index in [0.29, 0.717) is 148 Å². The average Bonchev–Trinajstić information content (AvgIpc) is 1.59. The van der Waals surface area contributed by atoms with E-state index in [4.69, 9.17) is 75.5 Å². The summed E-state index contributed by atoms with van der Waals surface area (Å²) in [5.41, 5.74) is 2.25. The molecule has 0 radical (unpaired) electrons. The highest BCUT2D eigenvalue weighted by Crippen LogP contribution is 2.48. The summed E-state index contributed by atoms with van der Waals surface area (Å²) in [6.07, 6.45) is 3.78. The highest BCUT2D eigenvalue weighted by atomic mass is 28.4. The van der Waals surface area contributed by atoms with Gasteiger partial charge in [0.1, 0.15) is 17.7 Å². The third-order valence-corrected chi connectivity index (χ3v) is 26.4. The number of amides is 10. The van der Waals surface area contributed by atoms with Gasteiger partial charge in [0, 0.05) is 75.3 Å². The number of fused-ring (bicyclic) bond motifs is 4. The van der Waals surface area contributed by atoms with Gasteiger partial charge in [-0.15, -0.1) is 0 Å². The molecule has 2 saturated heterocycles. The van der Waals surface area contributed by atoms with Gasteiger partial charge in [0.05, 0.1) is 168 Å². The van der Waals surface area contributed by atoms with Crippen molar-refractivity contribution in [2.45, 2.75) is 193 Å². The Labute approximate surface area is 738 Å². The van der Waals surface area contributed by atoms with Crippen molar-refractivity contribution in [1.29, 1.82) is 0 Å². The summed E-state index contributed by atoms with van der Waals surface area (Å²) in [5, 5.41) is 22.0. The zero-order chi connectivity index (χ0) is 91.3. The molecule has 3 aromatic rings. The van der Waals surface area contributed by atoms with Crippen LogP contribution in [0.1, 0.15) is 153 Å². The lowest BCUT2D eigenvalue weighted by atomic mass is 10.0. The van der Waals surface area contributed by atoms with Crippen molar-refractivity contribution in [3.63, 3.8) is 0 Å². The van der Waals surface area contributed by atoms with Crippen LogP contribution in [0.15, 0.2) is 79.0 Å². The number of carbonyl (C=O) groups excluding carboxylic acids is 9. The first-order valence-corrected chi connectivity index (χ1v) is 46.2. The zero-order valence-corrected chi connectivity index (χ0v) is 76.1. The largest absolute Gasteiger partial charge is 0.493 e. The quantitative estimate of drug-likeness (QED) is 0.0152. The first-order valence-electron chi connectivity index (χ1n) is 43.3. The van der Waals surface area contributed by atoms with Gasteiger partial charge in [-0.1, -0.05) is 58.9 Å². The van der Waals surface area contributed by atoms with Gasteiger partial charge in [-0.2, -0.15) is 0 Å². The smallest absolute Gasteiger partial charge is 0.417 e. The Kier molecular flexibility index (Phi) is 38.5. The number of benzene rings is 3. The molecule has 1 unspecified atom stereocenters. The van der Waals surface area contributed by atoms with Crippen LogP contribution in [0, 0.1) is 5.92 Å². The maximum atomic E-state index is 15.2. The first kappa shape index (κ1) is 100.